The number of nitrogens with one attached hydrogen (secondary N) is 1. The molecular weight excluding hydrogens is 190 g/mol. The maximum absolute atomic E-state index is 9.03. The Kier molecular flexibility index (Phi) is 3.23. The van der Waals surface area contributed by atoms with Crippen LogP contribution in [0, 0.1) is 0 Å². The zero-order valence-corrected chi connectivity index (χ0v) is 8.94. The van der Waals surface area contributed by atoms with Crippen molar-refractivity contribution >= 4 is 0 Å². The molecule has 1 aliphatic heterocycles. The second-order valence-electron chi connectivity index (χ2n) is 3.95. The lowest BCUT2D eigenvalue weighted by Gasteiger charge is -2.13. The van der Waals surface area contributed by atoms with Gasteiger partial charge in [-0.2, -0.15) is 0 Å². The van der Waals surface area contributed by atoms with Crippen molar-refractivity contribution in [3.05, 3.63) is 29.8 Å². The minimum atomic E-state index is 0.229. The van der Waals surface area contributed by atoms with Crippen LogP contribution in [0.5, 0.6) is 5.75 Å². The van der Waals surface area contributed by atoms with E-state index in [2.05, 4.69) is 17.4 Å². The van der Waals surface area contributed by atoms with Crippen LogP contribution in [0.1, 0.15) is 24.4 Å². The van der Waals surface area contributed by atoms with Crippen molar-refractivity contribution in [2.24, 2.45) is 0 Å². The van der Waals surface area contributed by atoms with E-state index < -0.39 is 0 Å². The molecule has 2 rings (SSSR count). The van der Waals surface area contributed by atoms with Gasteiger partial charge < -0.3 is 15.2 Å². The molecule has 1 saturated heterocycles. The normalized spacial score (nSPS) is 25.5. The summed E-state index contributed by atoms with van der Waals surface area (Å²) in [5.41, 5.74) is 1.27. The van der Waals surface area contributed by atoms with Crippen molar-refractivity contribution in [3.8, 4) is 5.75 Å². The van der Waals surface area contributed by atoms with Crippen LogP contribution in [-0.2, 0) is 0 Å². The van der Waals surface area contributed by atoms with Crippen LogP contribution >= 0.6 is 0 Å². The van der Waals surface area contributed by atoms with Crippen LogP contribution in [-0.4, -0.2) is 24.9 Å². The van der Waals surface area contributed by atoms with Gasteiger partial charge in [0.25, 0.3) is 0 Å². The summed E-state index contributed by atoms with van der Waals surface area (Å²) in [4.78, 5) is 0. The molecule has 0 bridgehead atoms. The molecular formula is C12H17NO2. The summed E-state index contributed by atoms with van der Waals surface area (Å²) in [5.74, 6) is 0.885. The smallest absolute Gasteiger partial charge is 0.118 e. The zero-order chi connectivity index (χ0) is 10.7. The van der Waals surface area contributed by atoms with E-state index in [1.54, 1.807) is 7.11 Å². The van der Waals surface area contributed by atoms with Crippen molar-refractivity contribution in [1.82, 2.24) is 5.32 Å². The highest BCUT2D eigenvalue weighted by Crippen LogP contribution is 2.27. The first kappa shape index (κ1) is 10.5. The van der Waals surface area contributed by atoms with Crippen LogP contribution in [0.25, 0.3) is 0 Å². The Labute approximate surface area is 90.1 Å². The molecule has 1 fully saturated rings. The number of rotatable bonds is 3. The number of ether oxygens (including phenoxy) is 1. The van der Waals surface area contributed by atoms with Gasteiger partial charge in [-0.3, -0.25) is 0 Å². The maximum atomic E-state index is 9.03. The van der Waals surface area contributed by atoms with E-state index in [4.69, 9.17) is 9.84 Å². The summed E-state index contributed by atoms with van der Waals surface area (Å²) in [5, 5.41) is 12.4. The minimum absolute atomic E-state index is 0.229. The number of hydrogen-bond acceptors (Lipinski definition) is 3. The first-order valence-corrected chi connectivity index (χ1v) is 5.34. The van der Waals surface area contributed by atoms with Crippen molar-refractivity contribution in [3.63, 3.8) is 0 Å². The van der Waals surface area contributed by atoms with E-state index in [0.717, 1.165) is 18.6 Å². The van der Waals surface area contributed by atoms with Gasteiger partial charge in [-0.15, -0.1) is 0 Å². The lowest BCUT2D eigenvalue weighted by molar-refractivity contribution is 0.251. The number of benzene rings is 1. The van der Waals surface area contributed by atoms with E-state index in [1.807, 2.05) is 12.1 Å². The van der Waals surface area contributed by atoms with E-state index in [1.165, 1.54) is 5.56 Å². The molecule has 1 aromatic rings. The van der Waals surface area contributed by atoms with E-state index in [0.29, 0.717) is 6.04 Å². The monoisotopic (exact) mass is 207 g/mol. The molecule has 1 heterocycles. The van der Waals surface area contributed by atoms with Gasteiger partial charge in [0, 0.05) is 12.1 Å². The molecule has 2 N–H and O–H groups in total. The molecule has 0 saturated carbocycles. The van der Waals surface area contributed by atoms with E-state index in [9.17, 15) is 0 Å². The number of aliphatic hydroxyl groups excluding tert-OH is 1. The third-order valence-corrected chi connectivity index (χ3v) is 2.98. The first-order valence-electron chi connectivity index (χ1n) is 5.34. The molecule has 0 aromatic heterocycles. The Hall–Kier alpha value is -1.06. The third-order valence-electron chi connectivity index (χ3n) is 2.98. The van der Waals surface area contributed by atoms with E-state index in [-0.39, 0.29) is 12.6 Å². The molecule has 3 nitrogen and oxygen atoms in total. The van der Waals surface area contributed by atoms with E-state index >= 15 is 0 Å². The summed E-state index contributed by atoms with van der Waals surface area (Å²) in [6.45, 7) is 0.229. The molecule has 2 atom stereocenters. The van der Waals surface area contributed by atoms with Gasteiger partial charge in [0.05, 0.1) is 13.7 Å². The van der Waals surface area contributed by atoms with Gasteiger partial charge in [-0.1, -0.05) is 12.1 Å². The fourth-order valence-corrected chi connectivity index (χ4v) is 2.06. The molecule has 0 amide bonds. The SMILES string of the molecule is COc1ccc([C@@H]2CC[C@@H](CO)N2)cc1. The highest BCUT2D eigenvalue weighted by atomic mass is 16.5. The van der Waals surface area contributed by atoms with Gasteiger partial charge in [0.15, 0.2) is 0 Å². The van der Waals surface area contributed by atoms with Crippen LogP contribution in [0.3, 0.4) is 0 Å². The van der Waals surface area contributed by atoms with Gasteiger partial charge in [-0.25, -0.2) is 0 Å². The predicted molar refractivity (Wildman–Crippen MR) is 59.0 cm³/mol. The zero-order valence-electron chi connectivity index (χ0n) is 8.94. The number of aliphatic hydroxyl groups is 1. The highest BCUT2D eigenvalue weighted by molar-refractivity contribution is 5.29. The second kappa shape index (κ2) is 4.64. The molecule has 0 unspecified atom stereocenters. The molecule has 82 valence electrons. The van der Waals surface area contributed by atoms with Crippen molar-refractivity contribution in [2.45, 2.75) is 24.9 Å². The maximum Gasteiger partial charge on any atom is 0.118 e. The van der Waals surface area contributed by atoms with Crippen LogP contribution in [0.4, 0.5) is 0 Å². The van der Waals surface area contributed by atoms with Crippen molar-refractivity contribution < 1.29 is 9.84 Å². The topological polar surface area (TPSA) is 41.5 Å². The fraction of sp³-hybridized carbons (Fsp3) is 0.500. The number of methoxy groups -OCH3 is 1. The Morgan fingerprint density at radius 3 is 2.60 bits per heavy atom. The van der Waals surface area contributed by atoms with Crippen molar-refractivity contribution in [2.75, 3.05) is 13.7 Å². The summed E-state index contributed by atoms with van der Waals surface area (Å²) >= 11 is 0. The molecule has 1 aromatic carbocycles. The third kappa shape index (κ3) is 2.30. The largest absolute Gasteiger partial charge is 0.497 e. The Balaban J connectivity index is 2.04. The van der Waals surface area contributed by atoms with Crippen LogP contribution in [0.2, 0.25) is 0 Å². The Morgan fingerprint density at radius 2 is 2.07 bits per heavy atom. The fourth-order valence-electron chi connectivity index (χ4n) is 2.06. The van der Waals surface area contributed by atoms with Crippen LogP contribution in [0.15, 0.2) is 24.3 Å². The minimum Gasteiger partial charge on any atom is -0.497 e. The standard InChI is InChI=1S/C12H17NO2/c1-15-11-5-2-9(3-6-11)12-7-4-10(8-14)13-12/h2-3,5-6,10,12-14H,4,7-8H2,1H3/t10-,12-/m0/s1. The average Bonchev–Trinajstić information content (AvgIpc) is 2.78. The van der Waals surface area contributed by atoms with Crippen LogP contribution < -0.4 is 10.1 Å². The average molecular weight is 207 g/mol. The quantitative estimate of drug-likeness (QED) is 0.789. The molecule has 0 spiro atoms. The Bertz CT molecular complexity index is 310. The molecule has 3 heteroatoms. The molecule has 0 aliphatic carbocycles. The lowest BCUT2D eigenvalue weighted by atomic mass is 10.1. The molecule has 1 aliphatic rings. The highest BCUT2D eigenvalue weighted by Gasteiger charge is 2.23. The summed E-state index contributed by atoms with van der Waals surface area (Å²) < 4.78 is 5.11. The lowest BCUT2D eigenvalue weighted by Crippen LogP contribution is -2.27. The second-order valence-corrected chi connectivity index (χ2v) is 3.95. The summed E-state index contributed by atoms with van der Waals surface area (Å²) in [7, 11) is 1.67. The van der Waals surface area contributed by atoms with Gasteiger partial charge in [-0.05, 0) is 30.5 Å². The number of hydrogen-bond donors (Lipinski definition) is 2. The Morgan fingerprint density at radius 1 is 1.33 bits per heavy atom. The van der Waals surface area contributed by atoms with Crippen molar-refractivity contribution in [1.29, 1.82) is 0 Å². The summed E-state index contributed by atoms with van der Waals surface area (Å²) in [6.07, 6.45) is 2.14. The summed E-state index contributed by atoms with van der Waals surface area (Å²) in [6, 6.07) is 8.75. The predicted octanol–water partition coefficient (Wildman–Crippen LogP) is 1.48. The molecule has 0 radical (unpaired) electrons. The first-order chi connectivity index (χ1) is 7.33. The van der Waals surface area contributed by atoms with Gasteiger partial charge in [0.2, 0.25) is 0 Å². The molecule has 15 heavy (non-hydrogen) atoms. The van der Waals surface area contributed by atoms with Gasteiger partial charge in [0.1, 0.15) is 5.75 Å². The van der Waals surface area contributed by atoms with Gasteiger partial charge >= 0.3 is 0 Å².